The first-order valence-corrected chi connectivity index (χ1v) is 7.38. The molecule has 0 amide bonds. The highest BCUT2D eigenvalue weighted by molar-refractivity contribution is 7.15. The van der Waals surface area contributed by atoms with Gasteiger partial charge >= 0.3 is 0 Å². The lowest BCUT2D eigenvalue weighted by Crippen LogP contribution is -2.14. The van der Waals surface area contributed by atoms with Gasteiger partial charge in [0.05, 0.1) is 16.3 Å². The van der Waals surface area contributed by atoms with Crippen molar-refractivity contribution in [2.24, 2.45) is 0 Å². The molecular formula is C14H14N4O2S. The van der Waals surface area contributed by atoms with Gasteiger partial charge in [0.1, 0.15) is 0 Å². The zero-order valence-electron chi connectivity index (χ0n) is 11.4. The molecule has 0 fully saturated rings. The maximum atomic E-state index is 10.6. The second-order valence-electron chi connectivity index (χ2n) is 4.73. The molecule has 1 aromatic carbocycles. The van der Waals surface area contributed by atoms with Crippen molar-refractivity contribution in [3.63, 3.8) is 0 Å². The molecule has 6 nitrogen and oxygen atoms in total. The van der Waals surface area contributed by atoms with Crippen LogP contribution < -0.4 is 5.32 Å². The van der Waals surface area contributed by atoms with Gasteiger partial charge < -0.3 is 5.32 Å². The van der Waals surface area contributed by atoms with Crippen molar-refractivity contribution in [3.8, 4) is 0 Å². The lowest BCUT2D eigenvalue weighted by Gasteiger charge is -2.05. The Morgan fingerprint density at radius 1 is 1.33 bits per heavy atom. The molecule has 3 aromatic rings. The number of rotatable bonds is 5. The van der Waals surface area contributed by atoms with Gasteiger partial charge in [-0.2, -0.15) is 0 Å². The predicted molar refractivity (Wildman–Crippen MR) is 81.4 cm³/mol. The van der Waals surface area contributed by atoms with E-state index in [0.29, 0.717) is 13.1 Å². The summed E-state index contributed by atoms with van der Waals surface area (Å²) in [5, 5.41) is 16.0. The highest BCUT2D eigenvalue weighted by Gasteiger charge is 2.09. The Morgan fingerprint density at radius 3 is 2.81 bits per heavy atom. The van der Waals surface area contributed by atoms with Gasteiger partial charge in [0.25, 0.3) is 5.69 Å². The summed E-state index contributed by atoms with van der Waals surface area (Å²) in [6.45, 7) is 3.37. The van der Waals surface area contributed by atoms with Crippen molar-refractivity contribution < 1.29 is 4.92 Å². The normalized spacial score (nSPS) is 11.1. The van der Waals surface area contributed by atoms with Gasteiger partial charge in [0.2, 0.25) is 0 Å². The summed E-state index contributed by atoms with van der Waals surface area (Å²) in [7, 11) is 0. The fourth-order valence-corrected chi connectivity index (χ4v) is 2.99. The first kappa shape index (κ1) is 13.7. The molecule has 0 spiro atoms. The highest BCUT2D eigenvalue weighted by Crippen LogP contribution is 2.17. The Hall–Kier alpha value is -2.25. The lowest BCUT2D eigenvalue weighted by atomic mass is 10.2. The molecule has 2 heterocycles. The molecule has 3 rings (SSSR count). The van der Waals surface area contributed by atoms with E-state index < -0.39 is 0 Å². The van der Waals surface area contributed by atoms with Gasteiger partial charge in [-0.05, 0) is 12.5 Å². The third-order valence-electron chi connectivity index (χ3n) is 3.33. The van der Waals surface area contributed by atoms with Crippen molar-refractivity contribution in [1.29, 1.82) is 0 Å². The van der Waals surface area contributed by atoms with E-state index in [1.807, 2.05) is 18.5 Å². The maximum absolute atomic E-state index is 10.6. The second kappa shape index (κ2) is 5.63. The van der Waals surface area contributed by atoms with E-state index in [0.717, 1.165) is 21.9 Å². The van der Waals surface area contributed by atoms with E-state index >= 15 is 0 Å². The van der Waals surface area contributed by atoms with Gasteiger partial charge in [-0.25, -0.2) is 4.98 Å². The Kier molecular flexibility index (Phi) is 3.68. The number of benzene rings is 1. The zero-order chi connectivity index (χ0) is 14.8. The van der Waals surface area contributed by atoms with Crippen molar-refractivity contribution >= 4 is 22.0 Å². The number of imidazole rings is 1. The Balaban J connectivity index is 1.64. The van der Waals surface area contributed by atoms with Gasteiger partial charge in [-0.15, -0.1) is 11.3 Å². The average Bonchev–Trinajstić information content (AvgIpc) is 3.02. The number of nitrogens with one attached hydrogen (secondary N) is 1. The van der Waals surface area contributed by atoms with Crippen LogP contribution in [0.5, 0.6) is 0 Å². The molecule has 0 aliphatic rings. The smallest absolute Gasteiger partial charge is 0.269 e. The minimum atomic E-state index is -0.389. The molecule has 0 radical (unpaired) electrons. The van der Waals surface area contributed by atoms with Gasteiger partial charge in [-0.1, -0.05) is 12.1 Å². The third-order valence-corrected chi connectivity index (χ3v) is 4.09. The molecule has 0 aliphatic heterocycles. The quantitative estimate of drug-likeness (QED) is 0.581. The minimum Gasteiger partial charge on any atom is -0.307 e. The molecule has 0 bridgehead atoms. The largest absolute Gasteiger partial charge is 0.307 e. The topological polar surface area (TPSA) is 72.5 Å². The monoisotopic (exact) mass is 302 g/mol. The molecule has 0 saturated heterocycles. The number of aryl methyl sites for hydroxylation is 1. The number of nitro groups is 1. The number of hydrogen-bond donors (Lipinski definition) is 1. The molecule has 0 unspecified atom stereocenters. The van der Waals surface area contributed by atoms with Crippen molar-refractivity contribution in [2.75, 3.05) is 0 Å². The maximum Gasteiger partial charge on any atom is 0.269 e. The summed E-state index contributed by atoms with van der Waals surface area (Å²) in [5.74, 6) is 0. The molecule has 1 N–H and O–H groups in total. The summed E-state index contributed by atoms with van der Waals surface area (Å²) >= 11 is 1.62. The number of non-ortho nitro benzene ring substituents is 1. The van der Waals surface area contributed by atoms with Crippen LogP contribution in [0.1, 0.15) is 17.0 Å². The molecule has 108 valence electrons. The molecular weight excluding hydrogens is 288 g/mol. The van der Waals surface area contributed by atoms with Crippen molar-refractivity contribution in [3.05, 3.63) is 62.9 Å². The molecule has 0 atom stereocenters. The summed E-state index contributed by atoms with van der Waals surface area (Å²) in [5.41, 5.74) is 3.31. The number of fused-ring (bicyclic) bond motifs is 1. The molecule has 0 saturated carbocycles. The van der Waals surface area contributed by atoms with Crippen LogP contribution >= 0.6 is 11.3 Å². The number of aromatic nitrogens is 2. The van der Waals surface area contributed by atoms with Crippen LogP contribution in [0.2, 0.25) is 0 Å². The first-order chi connectivity index (χ1) is 10.1. The van der Waals surface area contributed by atoms with Crippen LogP contribution in [0.15, 0.2) is 35.8 Å². The Bertz CT molecular complexity index is 776. The van der Waals surface area contributed by atoms with Crippen molar-refractivity contribution in [1.82, 2.24) is 14.7 Å². The standard InChI is InChI=1S/C14H14N4O2S/c1-10-13(17-6-7-21-14(17)16-10)9-15-8-11-2-4-12(5-3-11)18(19)20/h2-7,15H,8-9H2,1H3. The summed E-state index contributed by atoms with van der Waals surface area (Å²) < 4.78 is 2.09. The summed E-state index contributed by atoms with van der Waals surface area (Å²) in [6, 6.07) is 6.60. The van der Waals surface area contributed by atoms with Crippen LogP contribution in [0.3, 0.4) is 0 Å². The molecule has 7 heteroatoms. The van der Waals surface area contributed by atoms with Crippen LogP contribution in [0, 0.1) is 17.0 Å². The molecule has 2 aromatic heterocycles. The van der Waals surface area contributed by atoms with Crippen LogP contribution in [0.4, 0.5) is 5.69 Å². The Morgan fingerprint density at radius 2 is 2.10 bits per heavy atom. The lowest BCUT2D eigenvalue weighted by molar-refractivity contribution is -0.384. The molecule has 0 aliphatic carbocycles. The zero-order valence-corrected chi connectivity index (χ0v) is 12.3. The van der Waals surface area contributed by atoms with E-state index in [4.69, 9.17) is 0 Å². The van der Waals surface area contributed by atoms with Gasteiger partial charge in [0, 0.05) is 36.8 Å². The van der Waals surface area contributed by atoms with Crippen LogP contribution in [-0.2, 0) is 13.1 Å². The highest BCUT2D eigenvalue weighted by atomic mass is 32.1. The summed E-state index contributed by atoms with van der Waals surface area (Å²) in [4.78, 5) is 15.7. The fraction of sp³-hybridized carbons (Fsp3) is 0.214. The third kappa shape index (κ3) is 2.79. The Labute approximate surface area is 125 Å². The van der Waals surface area contributed by atoms with E-state index in [1.54, 1.807) is 23.5 Å². The predicted octanol–water partition coefficient (Wildman–Crippen LogP) is 2.90. The van der Waals surface area contributed by atoms with Crippen molar-refractivity contribution in [2.45, 2.75) is 20.0 Å². The van der Waals surface area contributed by atoms with E-state index in [9.17, 15) is 10.1 Å². The van der Waals surface area contributed by atoms with E-state index in [-0.39, 0.29) is 10.6 Å². The van der Waals surface area contributed by atoms with E-state index in [2.05, 4.69) is 14.7 Å². The number of hydrogen-bond acceptors (Lipinski definition) is 5. The number of nitrogens with zero attached hydrogens (tertiary/aromatic N) is 3. The number of nitro benzene ring substituents is 1. The average molecular weight is 302 g/mol. The van der Waals surface area contributed by atoms with Crippen LogP contribution in [0.25, 0.3) is 4.96 Å². The molecule has 21 heavy (non-hydrogen) atoms. The minimum absolute atomic E-state index is 0.116. The fourth-order valence-electron chi connectivity index (χ4n) is 2.21. The number of thiazole rings is 1. The van der Waals surface area contributed by atoms with Gasteiger partial charge in [-0.3, -0.25) is 14.5 Å². The first-order valence-electron chi connectivity index (χ1n) is 6.50. The second-order valence-corrected chi connectivity index (χ2v) is 5.60. The summed E-state index contributed by atoms with van der Waals surface area (Å²) in [6.07, 6.45) is 2.02. The SMILES string of the molecule is Cc1nc2sccn2c1CNCc1ccc([N+](=O)[O-])cc1. The van der Waals surface area contributed by atoms with Crippen LogP contribution in [-0.4, -0.2) is 14.3 Å². The van der Waals surface area contributed by atoms with Gasteiger partial charge in [0.15, 0.2) is 4.96 Å². The van der Waals surface area contributed by atoms with E-state index in [1.165, 1.54) is 12.1 Å².